The van der Waals surface area contributed by atoms with Crippen LogP contribution in [-0.2, 0) is 4.79 Å². The Kier molecular flexibility index (Phi) is 5.21. The van der Waals surface area contributed by atoms with E-state index in [1.165, 1.54) is 0 Å². The number of likely N-dealkylation sites (tertiary alicyclic amines) is 1. The molecule has 122 valence electrons. The Morgan fingerprint density at radius 2 is 2.00 bits per heavy atom. The minimum atomic E-state index is -0.0274. The van der Waals surface area contributed by atoms with Gasteiger partial charge in [0.1, 0.15) is 6.10 Å². The third-order valence-electron chi connectivity index (χ3n) is 3.52. The van der Waals surface area contributed by atoms with Gasteiger partial charge in [0.25, 0.3) is 0 Å². The molecule has 6 nitrogen and oxygen atoms in total. The molecule has 1 unspecified atom stereocenters. The summed E-state index contributed by atoms with van der Waals surface area (Å²) >= 11 is 0. The van der Waals surface area contributed by atoms with Crippen LogP contribution in [0, 0.1) is 5.41 Å². The van der Waals surface area contributed by atoms with Gasteiger partial charge in [0.15, 0.2) is 0 Å². The molecule has 6 heteroatoms. The van der Waals surface area contributed by atoms with Crippen molar-refractivity contribution in [2.45, 2.75) is 46.1 Å². The molecule has 0 spiro atoms. The standard InChI is InChI=1S/C16H25N3O3/c1-16(2,3)10-15(20)19-9-5-6-12(11-19)22-14-8-7-13(21-4)17-18-14/h7-8,12H,5-6,9-11H2,1-4H3. The third kappa shape index (κ3) is 4.86. The Morgan fingerprint density at radius 1 is 1.32 bits per heavy atom. The maximum Gasteiger partial charge on any atom is 0.233 e. The summed E-state index contributed by atoms with van der Waals surface area (Å²) in [4.78, 5) is 14.2. The Balaban J connectivity index is 1.91. The lowest BCUT2D eigenvalue weighted by Crippen LogP contribution is -2.45. The van der Waals surface area contributed by atoms with Crippen molar-refractivity contribution in [3.63, 3.8) is 0 Å². The number of carbonyl (C=O) groups excluding carboxylic acids is 1. The lowest BCUT2D eigenvalue weighted by Gasteiger charge is -2.34. The lowest BCUT2D eigenvalue weighted by atomic mass is 9.91. The summed E-state index contributed by atoms with van der Waals surface area (Å²) in [5.74, 6) is 1.12. The molecule has 2 heterocycles. The zero-order valence-corrected chi connectivity index (χ0v) is 13.8. The minimum Gasteiger partial charge on any atom is -0.480 e. The van der Waals surface area contributed by atoms with E-state index in [1.54, 1.807) is 19.2 Å². The average Bonchev–Trinajstić information content (AvgIpc) is 2.46. The highest BCUT2D eigenvalue weighted by Crippen LogP contribution is 2.23. The molecule has 0 aliphatic carbocycles. The molecule has 0 bridgehead atoms. The van der Waals surface area contributed by atoms with Crippen LogP contribution >= 0.6 is 0 Å². The Hall–Kier alpha value is -1.85. The van der Waals surface area contributed by atoms with Crippen molar-refractivity contribution < 1.29 is 14.3 Å². The largest absolute Gasteiger partial charge is 0.480 e. The summed E-state index contributed by atoms with van der Waals surface area (Å²) in [5.41, 5.74) is 0.00629. The number of hydrogen-bond donors (Lipinski definition) is 0. The van der Waals surface area contributed by atoms with E-state index >= 15 is 0 Å². The second-order valence-electron chi connectivity index (χ2n) is 6.87. The van der Waals surface area contributed by atoms with Gasteiger partial charge in [0, 0.05) is 25.1 Å². The third-order valence-corrected chi connectivity index (χ3v) is 3.52. The van der Waals surface area contributed by atoms with Gasteiger partial charge in [0.05, 0.1) is 13.7 Å². The summed E-state index contributed by atoms with van der Waals surface area (Å²) in [6, 6.07) is 3.45. The first kappa shape index (κ1) is 16.5. The Labute approximate surface area is 131 Å². The van der Waals surface area contributed by atoms with Crippen molar-refractivity contribution in [1.29, 1.82) is 0 Å². The highest BCUT2D eigenvalue weighted by Gasteiger charge is 2.27. The number of ether oxygens (including phenoxy) is 2. The molecule has 1 aromatic heterocycles. The Bertz CT molecular complexity index is 496. The molecule has 0 saturated carbocycles. The first-order valence-electron chi connectivity index (χ1n) is 7.69. The maximum absolute atomic E-state index is 12.3. The molecule has 0 N–H and O–H groups in total. The average molecular weight is 307 g/mol. The second-order valence-corrected chi connectivity index (χ2v) is 6.87. The molecule has 1 aromatic rings. The second kappa shape index (κ2) is 6.94. The summed E-state index contributed by atoms with van der Waals surface area (Å²) in [5, 5.41) is 7.86. The zero-order chi connectivity index (χ0) is 16.2. The number of carbonyl (C=O) groups is 1. The van der Waals surface area contributed by atoms with Crippen molar-refractivity contribution in [2.75, 3.05) is 20.2 Å². The Morgan fingerprint density at radius 3 is 2.59 bits per heavy atom. The van der Waals surface area contributed by atoms with Crippen LogP contribution in [0.25, 0.3) is 0 Å². The lowest BCUT2D eigenvalue weighted by molar-refractivity contribution is -0.135. The fourth-order valence-corrected chi connectivity index (χ4v) is 2.48. The number of piperidine rings is 1. The number of amides is 1. The van der Waals surface area contributed by atoms with Crippen molar-refractivity contribution in [3.05, 3.63) is 12.1 Å². The highest BCUT2D eigenvalue weighted by molar-refractivity contribution is 5.77. The molecule has 1 aliphatic heterocycles. The molecular formula is C16H25N3O3. The van der Waals surface area contributed by atoms with Crippen molar-refractivity contribution in [3.8, 4) is 11.8 Å². The molecule has 1 saturated heterocycles. The number of nitrogens with zero attached hydrogens (tertiary/aromatic N) is 3. The van der Waals surface area contributed by atoms with Crippen LogP contribution in [0.1, 0.15) is 40.0 Å². The van der Waals surface area contributed by atoms with Gasteiger partial charge in [-0.05, 0) is 18.3 Å². The van der Waals surface area contributed by atoms with Gasteiger partial charge in [0.2, 0.25) is 17.7 Å². The maximum atomic E-state index is 12.3. The van der Waals surface area contributed by atoms with E-state index in [1.807, 2.05) is 4.90 Å². The number of rotatable bonds is 4. The van der Waals surface area contributed by atoms with E-state index in [0.29, 0.717) is 24.7 Å². The van der Waals surface area contributed by atoms with Gasteiger partial charge >= 0.3 is 0 Å². The summed E-state index contributed by atoms with van der Waals surface area (Å²) in [6.07, 6.45) is 2.40. The summed E-state index contributed by atoms with van der Waals surface area (Å²) < 4.78 is 10.8. The first-order chi connectivity index (χ1) is 10.4. The highest BCUT2D eigenvalue weighted by atomic mass is 16.5. The van der Waals surface area contributed by atoms with E-state index in [0.717, 1.165) is 19.4 Å². The smallest absolute Gasteiger partial charge is 0.233 e. The van der Waals surface area contributed by atoms with Crippen LogP contribution in [0.5, 0.6) is 11.8 Å². The van der Waals surface area contributed by atoms with E-state index in [4.69, 9.17) is 9.47 Å². The van der Waals surface area contributed by atoms with Crippen LogP contribution in [0.3, 0.4) is 0 Å². The van der Waals surface area contributed by atoms with Crippen LogP contribution in [-0.4, -0.2) is 47.3 Å². The van der Waals surface area contributed by atoms with Crippen LogP contribution in [0.4, 0.5) is 0 Å². The van der Waals surface area contributed by atoms with Crippen molar-refractivity contribution in [1.82, 2.24) is 15.1 Å². The van der Waals surface area contributed by atoms with E-state index in [2.05, 4.69) is 31.0 Å². The molecule has 0 radical (unpaired) electrons. The van der Waals surface area contributed by atoms with Gasteiger partial charge in [-0.15, -0.1) is 10.2 Å². The molecule has 0 aromatic carbocycles. The molecule has 1 fully saturated rings. The van der Waals surface area contributed by atoms with Crippen LogP contribution in [0.2, 0.25) is 0 Å². The zero-order valence-electron chi connectivity index (χ0n) is 13.8. The van der Waals surface area contributed by atoms with Gasteiger partial charge in [-0.2, -0.15) is 0 Å². The molecule has 2 rings (SSSR count). The fourth-order valence-electron chi connectivity index (χ4n) is 2.48. The summed E-state index contributed by atoms with van der Waals surface area (Å²) in [7, 11) is 1.55. The monoisotopic (exact) mass is 307 g/mol. The fraction of sp³-hybridized carbons (Fsp3) is 0.688. The van der Waals surface area contributed by atoms with Gasteiger partial charge in [-0.3, -0.25) is 4.79 Å². The molecule has 1 atom stereocenters. The van der Waals surface area contributed by atoms with E-state index < -0.39 is 0 Å². The molecular weight excluding hydrogens is 282 g/mol. The van der Waals surface area contributed by atoms with Gasteiger partial charge < -0.3 is 14.4 Å². The van der Waals surface area contributed by atoms with E-state index in [9.17, 15) is 4.79 Å². The summed E-state index contributed by atoms with van der Waals surface area (Å²) in [6.45, 7) is 7.66. The van der Waals surface area contributed by atoms with Crippen LogP contribution in [0.15, 0.2) is 12.1 Å². The normalized spacial score (nSPS) is 18.9. The van der Waals surface area contributed by atoms with Crippen molar-refractivity contribution in [2.24, 2.45) is 5.41 Å². The number of methoxy groups -OCH3 is 1. The predicted molar refractivity (Wildman–Crippen MR) is 82.9 cm³/mol. The number of hydrogen-bond acceptors (Lipinski definition) is 5. The quantitative estimate of drug-likeness (QED) is 0.854. The van der Waals surface area contributed by atoms with Gasteiger partial charge in [-0.1, -0.05) is 20.8 Å². The minimum absolute atomic E-state index is 0.00629. The topological polar surface area (TPSA) is 64.6 Å². The molecule has 22 heavy (non-hydrogen) atoms. The van der Waals surface area contributed by atoms with E-state index in [-0.39, 0.29) is 17.4 Å². The van der Waals surface area contributed by atoms with Crippen LogP contribution < -0.4 is 9.47 Å². The first-order valence-corrected chi connectivity index (χ1v) is 7.69. The number of aromatic nitrogens is 2. The molecule has 1 aliphatic rings. The molecule has 1 amide bonds. The van der Waals surface area contributed by atoms with Gasteiger partial charge in [-0.25, -0.2) is 0 Å². The van der Waals surface area contributed by atoms with Crippen molar-refractivity contribution >= 4 is 5.91 Å². The predicted octanol–water partition coefficient (Wildman–Crippen LogP) is 2.29. The SMILES string of the molecule is COc1ccc(OC2CCCN(C(=O)CC(C)(C)C)C2)nn1.